The van der Waals surface area contributed by atoms with Crippen LogP contribution in [-0.2, 0) is 6.54 Å². The highest BCUT2D eigenvalue weighted by atomic mass is 16.1. The fourth-order valence-electron chi connectivity index (χ4n) is 4.73. The van der Waals surface area contributed by atoms with E-state index >= 15 is 0 Å². The normalized spacial score (nSPS) is 23.2. The lowest BCUT2D eigenvalue weighted by molar-refractivity contribution is 0.233. The van der Waals surface area contributed by atoms with Crippen molar-refractivity contribution in [3.8, 4) is 6.07 Å². The molecule has 2 atom stereocenters. The van der Waals surface area contributed by atoms with Gasteiger partial charge in [0.15, 0.2) is 0 Å². The number of hydrogen-bond acceptors (Lipinski definition) is 6. The van der Waals surface area contributed by atoms with E-state index in [9.17, 15) is 4.79 Å². The van der Waals surface area contributed by atoms with Crippen molar-refractivity contribution in [1.29, 1.82) is 5.26 Å². The number of anilines is 1. The highest BCUT2D eigenvalue weighted by molar-refractivity contribution is 5.75. The van der Waals surface area contributed by atoms with Gasteiger partial charge in [0, 0.05) is 49.7 Å². The summed E-state index contributed by atoms with van der Waals surface area (Å²) in [6.45, 7) is 2.71. The van der Waals surface area contributed by atoms with Gasteiger partial charge < -0.3 is 9.88 Å². The molecule has 3 aliphatic rings. The molecule has 1 N–H and O–H groups in total. The second kappa shape index (κ2) is 6.64. The van der Waals surface area contributed by atoms with Crippen molar-refractivity contribution in [2.24, 2.45) is 0 Å². The third kappa shape index (κ3) is 3.04. The number of aromatic amines is 1. The van der Waals surface area contributed by atoms with Gasteiger partial charge in [0.1, 0.15) is 11.9 Å². The van der Waals surface area contributed by atoms with E-state index in [1.165, 1.54) is 0 Å². The van der Waals surface area contributed by atoms with Gasteiger partial charge in [-0.1, -0.05) is 0 Å². The fraction of sp³-hybridized carbons (Fsp3) is 0.391. The number of nitrogens with one attached hydrogen (secondary N) is 1. The maximum absolute atomic E-state index is 12.4. The maximum Gasteiger partial charge on any atom is 0.252 e. The first-order chi connectivity index (χ1) is 14.7. The molecule has 0 aromatic carbocycles. The van der Waals surface area contributed by atoms with Gasteiger partial charge in [0.25, 0.3) is 5.56 Å². The average molecular weight is 398 g/mol. The lowest BCUT2D eigenvalue weighted by Gasteiger charge is -2.34. The van der Waals surface area contributed by atoms with Crippen molar-refractivity contribution in [2.75, 3.05) is 18.0 Å². The molecule has 3 aromatic heterocycles. The zero-order valence-corrected chi connectivity index (χ0v) is 16.6. The Bertz CT molecular complexity index is 1220. The van der Waals surface area contributed by atoms with E-state index in [4.69, 9.17) is 5.26 Å². The van der Waals surface area contributed by atoms with E-state index in [2.05, 4.69) is 36.9 Å². The monoisotopic (exact) mass is 398 g/mol. The Morgan fingerprint density at radius 3 is 2.80 bits per heavy atom. The first kappa shape index (κ1) is 17.6. The van der Waals surface area contributed by atoms with E-state index < -0.39 is 0 Å². The van der Waals surface area contributed by atoms with Gasteiger partial charge in [-0.2, -0.15) is 5.26 Å². The highest BCUT2D eigenvalue weighted by Gasteiger charge is 2.49. The first-order valence-electron chi connectivity index (χ1n) is 10.6. The molecule has 6 rings (SSSR count). The van der Waals surface area contributed by atoms with Crippen LogP contribution in [0.3, 0.4) is 0 Å². The largest absolute Gasteiger partial charge is 0.351 e. The Morgan fingerprint density at radius 1 is 1.13 bits per heavy atom. The summed E-state index contributed by atoms with van der Waals surface area (Å²) in [5.74, 6) is 1.38. The Hall–Kier alpha value is -3.24. The molecule has 0 spiro atoms. The van der Waals surface area contributed by atoms with Crippen molar-refractivity contribution >= 4 is 16.9 Å². The zero-order valence-electron chi connectivity index (χ0n) is 16.6. The average Bonchev–Trinajstić information content (AvgIpc) is 3.67. The Morgan fingerprint density at radius 2 is 2.03 bits per heavy atom. The predicted molar refractivity (Wildman–Crippen MR) is 113 cm³/mol. The van der Waals surface area contributed by atoms with Crippen LogP contribution in [0.5, 0.6) is 0 Å². The highest BCUT2D eigenvalue weighted by Crippen LogP contribution is 2.40. The SMILES string of the molecule is N#Cc1ccc(N2CCN(Cc3cnc4cc(C5CC5)c(=O)[nH]c4c3)[C@H]3C[C@H]32)nc1. The van der Waals surface area contributed by atoms with Crippen molar-refractivity contribution < 1.29 is 0 Å². The maximum atomic E-state index is 12.4. The third-order valence-corrected chi connectivity index (χ3v) is 6.57. The minimum absolute atomic E-state index is 0.0368. The van der Waals surface area contributed by atoms with Crippen LogP contribution in [0.2, 0.25) is 0 Å². The van der Waals surface area contributed by atoms with E-state index in [0.29, 0.717) is 23.6 Å². The van der Waals surface area contributed by atoms with Gasteiger partial charge in [0.05, 0.1) is 16.6 Å². The molecule has 7 heteroatoms. The molecule has 150 valence electrons. The van der Waals surface area contributed by atoms with E-state index in [1.807, 2.05) is 24.4 Å². The van der Waals surface area contributed by atoms with Crippen molar-refractivity contribution in [2.45, 2.75) is 43.8 Å². The molecule has 0 bridgehead atoms. The number of H-pyrrole nitrogens is 1. The predicted octanol–water partition coefficient (Wildman–Crippen LogP) is 2.53. The van der Waals surface area contributed by atoms with Crippen LogP contribution in [0.1, 0.15) is 41.9 Å². The summed E-state index contributed by atoms with van der Waals surface area (Å²) in [6.07, 6.45) is 6.95. The van der Waals surface area contributed by atoms with Crippen molar-refractivity contribution in [3.05, 3.63) is 63.7 Å². The summed E-state index contributed by atoms with van der Waals surface area (Å²) in [4.78, 5) is 29.4. The number of nitriles is 1. The van der Waals surface area contributed by atoms with Gasteiger partial charge in [-0.05, 0) is 55.0 Å². The molecular weight excluding hydrogens is 376 g/mol. The topological polar surface area (TPSA) is 88.9 Å². The molecule has 1 saturated heterocycles. The summed E-state index contributed by atoms with van der Waals surface area (Å²) in [5, 5.41) is 8.96. The van der Waals surface area contributed by atoms with Gasteiger partial charge in [-0.3, -0.25) is 14.7 Å². The second-order valence-corrected chi connectivity index (χ2v) is 8.66. The molecule has 0 unspecified atom stereocenters. The van der Waals surface area contributed by atoms with E-state index in [1.54, 1.807) is 6.20 Å². The molecule has 30 heavy (non-hydrogen) atoms. The van der Waals surface area contributed by atoms with Crippen LogP contribution in [0.25, 0.3) is 11.0 Å². The van der Waals surface area contributed by atoms with Crippen LogP contribution in [0.4, 0.5) is 5.82 Å². The van der Waals surface area contributed by atoms with Gasteiger partial charge in [-0.15, -0.1) is 0 Å². The molecule has 0 amide bonds. The van der Waals surface area contributed by atoms with Crippen LogP contribution in [0.15, 0.2) is 41.5 Å². The lowest BCUT2D eigenvalue weighted by atomic mass is 10.1. The van der Waals surface area contributed by atoms with Crippen LogP contribution in [0, 0.1) is 11.3 Å². The molecule has 1 aliphatic heterocycles. The van der Waals surface area contributed by atoms with E-state index in [-0.39, 0.29) is 5.56 Å². The van der Waals surface area contributed by atoms with E-state index in [0.717, 1.165) is 66.9 Å². The molecule has 4 heterocycles. The minimum atomic E-state index is 0.0368. The van der Waals surface area contributed by atoms with Gasteiger partial charge in [0.2, 0.25) is 0 Å². The molecule has 7 nitrogen and oxygen atoms in total. The number of aromatic nitrogens is 3. The number of piperazine rings is 1. The molecule has 0 radical (unpaired) electrons. The summed E-state index contributed by atoms with van der Waals surface area (Å²) >= 11 is 0. The summed E-state index contributed by atoms with van der Waals surface area (Å²) in [7, 11) is 0. The fourth-order valence-corrected chi connectivity index (χ4v) is 4.73. The molecule has 2 aliphatic carbocycles. The van der Waals surface area contributed by atoms with Crippen LogP contribution in [-0.4, -0.2) is 45.0 Å². The zero-order chi connectivity index (χ0) is 20.2. The smallest absolute Gasteiger partial charge is 0.252 e. The summed E-state index contributed by atoms with van der Waals surface area (Å²) in [5.41, 5.74) is 4.35. The number of hydrogen-bond donors (Lipinski definition) is 1. The first-order valence-corrected chi connectivity index (χ1v) is 10.6. The Balaban J connectivity index is 1.17. The standard InChI is InChI=1S/C23H22N6O/c24-10-14-1-4-22(26-11-14)29-6-5-28(20-9-21(20)29)13-15-7-19-18(25-12-15)8-17(16-2-3-16)23(30)27-19/h1,4,7-8,11-12,16,20-21H,2-3,5-6,9,13H2,(H,27,30)/t20-,21+/m0/s1. The third-order valence-electron chi connectivity index (χ3n) is 6.57. The van der Waals surface area contributed by atoms with Gasteiger partial charge >= 0.3 is 0 Å². The van der Waals surface area contributed by atoms with Crippen LogP contribution < -0.4 is 10.5 Å². The Kier molecular flexibility index (Phi) is 3.90. The summed E-state index contributed by atoms with van der Waals surface area (Å²) < 4.78 is 0. The molecular formula is C23H22N6O. The Labute approximate surface area is 174 Å². The lowest BCUT2D eigenvalue weighted by Crippen LogP contribution is -2.46. The minimum Gasteiger partial charge on any atom is -0.351 e. The van der Waals surface area contributed by atoms with Gasteiger partial charge in [-0.25, -0.2) is 4.98 Å². The van der Waals surface area contributed by atoms with Crippen molar-refractivity contribution in [1.82, 2.24) is 19.9 Å². The second-order valence-electron chi connectivity index (χ2n) is 8.66. The number of rotatable bonds is 4. The molecule has 3 aromatic rings. The summed E-state index contributed by atoms with van der Waals surface area (Å²) in [6, 6.07) is 10.9. The number of fused-ring (bicyclic) bond motifs is 2. The molecule has 3 fully saturated rings. The van der Waals surface area contributed by atoms with Crippen LogP contribution >= 0.6 is 0 Å². The molecule has 2 saturated carbocycles. The van der Waals surface area contributed by atoms with Crippen molar-refractivity contribution in [3.63, 3.8) is 0 Å². The quantitative estimate of drug-likeness (QED) is 0.727. The number of pyridine rings is 3. The number of nitrogens with zero attached hydrogens (tertiary/aromatic N) is 5.